The molecule has 0 bridgehead atoms. The Kier molecular flexibility index (Phi) is 6.77. The third-order valence-corrected chi connectivity index (χ3v) is 3.87. The molecule has 2 rings (SSSR count). The molecule has 0 spiro atoms. The van der Waals surface area contributed by atoms with Crippen molar-refractivity contribution in [1.29, 1.82) is 0 Å². The third kappa shape index (κ3) is 5.19. The summed E-state index contributed by atoms with van der Waals surface area (Å²) in [4.78, 5) is 4.33. The van der Waals surface area contributed by atoms with Crippen molar-refractivity contribution in [3.8, 4) is 17.2 Å². The lowest BCUT2D eigenvalue weighted by Crippen LogP contribution is -2.23. The molecule has 25 heavy (non-hydrogen) atoms. The van der Waals surface area contributed by atoms with Gasteiger partial charge in [-0.15, -0.1) is 0 Å². The Bertz CT molecular complexity index is 750. The van der Waals surface area contributed by atoms with E-state index in [1.54, 1.807) is 33.5 Å². The number of benzene rings is 2. The van der Waals surface area contributed by atoms with Gasteiger partial charge in [-0.3, -0.25) is 4.99 Å². The average Bonchev–Trinajstić information content (AvgIpc) is 2.61. The van der Waals surface area contributed by atoms with Crippen molar-refractivity contribution in [2.45, 2.75) is 6.42 Å². The summed E-state index contributed by atoms with van der Waals surface area (Å²) in [6.07, 6.45) is 0.673. The lowest BCUT2D eigenvalue weighted by atomic mass is 10.1. The quantitative estimate of drug-likeness (QED) is 0.582. The first-order valence-electron chi connectivity index (χ1n) is 7.68. The number of nitrogens with one attached hydrogen (secondary N) is 1. The van der Waals surface area contributed by atoms with Gasteiger partial charge in [-0.05, 0) is 48.4 Å². The predicted molar refractivity (Wildman–Crippen MR) is 101 cm³/mol. The monoisotopic (exact) mass is 363 g/mol. The second-order valence-corrected chi connectivity index (χ2v) is 5.58. The molecule has 0 unspecified atom stereocenters. The van der Waals surface area contributed by atoms with Gasteiger partial charge in [0.25, 0.3) is 0 Å². The molecule has 3 N–H and O–H groups in total. The second kappa shape index (κ2) is 9.03. The number of halogens is 1. The maximum absolute atomic E-state index is 6.09. The summed E-state index contributed by atoms with van der Waals surface area (Å²) in [6, 6.07) is 11.0. The fourth-order valence-electron chi connectivity index (χ4n) is 2.31. The molecule has 7 heteroatoms. The Hall–Kier alpha value is -2.60. The van der Waals surface area contributed by atoms with Crippen molar-refractivity contribution in [3.63, 3.8) is 0 Å². The van der Waals surface area contributed by atoms with Crippen LogP contribution in [0, 0.1) is 0 Å². The van der Waals surface area contributed by atoms with E-state index in [9.17, 15) is 0 Å². The van der Waals surface area contributed by atoms with E-state index in [-0.39, 0.29) is 0 Å². The number of rotatable bonds is 7. The van der Waals surface area contributed by atoms with Gasteiger partial charge in [-0.1, -0.05) is 11.6 Å². The van der Waals surface area contributed by atoms with Crippen molar-refractivity contribution in [2.24, 2.45) is 10.7 Å². The van der Waals surface area contributed by atoms with Gasteiger partial charge in [0.15, 0.2) is 5.96 Å². The molecule has 0 aliphatic carbocycles. The lowest BCUT2D eigenvalue weighted by Gasteiger charge is -2.10. The molecule has 0 atom stereocenters. The first-order chi connectivity index (χ1) is 12.1. The van der Waals surface area contributed by atoms with E-state index in [4.69, 9.17) is 31.5 Å². The Morgan fingerprint density at radius 3 is 2.40 bits per heavy atom. The van der Waals surface area contributed by atoms with Crippen LogP contribution in [0.15, 0.2) is 41.4 Å². The van der Waals surface area contributed by atoms with Crippen LogP contribution in [-0.2, 0) is 6.42 Å². The van der Waals surface area contributed by atoms with Gasteiger partial charge in [0, 0.05) is 12.2 Å². The summed E-state index contributed by atoms with van der Waals surface area (Å²) >= 11 is 6.09. The maximum Gasteiger partial charge on any atom is 0.193 e. The largest absolute Gasteiger partial charge is 0.497 e. The molecule has 0 aliphatic rings. The Labute approximate surface area is 152 Å². The summed E-state index contributed by atoms with van der Waals surface area (Å²) in [5.74, 6) is 2.49. The zero-order valence-corrected chi connectivity index (χ0v) is 15.3. The Morgan fingerprint density at radius 1 is 1.04 bits per heavy atom. The van der Waals surface area contributed by atoms with Crippen molar-refractivity contribution >= 4 is 23.2 Å². The van der Waals surface area contributed by atoms with Gasteiger partial charge in [-0.2, -0.15) is 0 Å². The smallest absolute Gasteiger partial charge is 0.193 e. The number of ether oxygens (including phenoxy) is 3. The minimum atomic E-state index is 0.308. The van der Waals surface area contributed by atoms with Crippen LogP contribution >= 0.6 is 11.6 Å². The molecule has 0 aliphatic heterocycles. The van der Waals surface area contributed by atoms with Crippen LogP contribution in [0.4, 0.5) is 5.69 Å². The van der Waals surface area contributed by atoms with Crippen molar-refractivity contribution in [1.82, 2.24) is 0 Å². The molecule has 0 saturated carbocycles. The molecule has 2 aromatic rings. The highest BCUT2D eigenvalue weighted by Gasteiger charge is 2.05. The molecular formula is C18H22ClN3O3. The van der Waals surface area contributed by atoms with Crippen molar-refractivity contribution in [2.75, 3.05) is 33.2 Å². The van der Waals surface area contributed by atoms with Gasteiger partial charge in [-0.25, -0.2) is 0 Å². The van der Waals surface area contributed by atoms with Crippen LogP contribution in [0.1, 0.15) is 5.56 Å². The molecule has 0 saturated heterocycles. The van der Waals surface area contributed by atoms with Crippen LogP contribution in [0.2, 0.25) is 5.02 Å². The maximum atomic E-state index is 6.09. The number of hydrogen-bond donors (Lipinski definition) is 2. The van der Waals surface area contributed by atoms with Gasteiger partial charge < -0.3 is 25.3 Å². The molecule has 134 valence electrons. The van der Waals surface area contributed by atoms with E-state index in [0.717, 1.165) is 22.7 Å². The van der Waals surface area contributed by atoms with Crippen LogP contribution < -0.4 is 25.3 Å². The predicted octanol–water partition coefficient (Wildman–Crippen LogP) is 3.34. The van der Waals surface area contributed by atoms with E-state index < -0.39 is 0 Å². The Morgan fingerprint density at radius 2 is 1.76 bits per heavy atom. The molecule has 0 heterocycles. The van der Waals surface area contributed by atoms with E-state index in [2.05, 4.69) is 10.3 Å². The van der Waals surface area contributed by atoms with Crippen LogP contribution in [0.25, 0.3) is 0 Å². The van der Waals surface area contributed by atoms with Crippen LogP contribution in [-0.4, -0.2) is 33.8 Å². The highest BCUT2D eigenvalue weighted by Crippen LogP contribution is 2.27. The van der Waals surface area contributed by atoms with Crippen molar-refractivity contribution in [3.05, 3.63) is 47.0 Å². The van der Waals surface area contributed by atoms with Crippen LogP contribution in [0.3, 0.4) is 0 Å². The van der Waals surface area contributed by atoms with Crippen LogP contribution in [0.5, 0.6) is 17.2 Å². The van der Waals surface area contributed by atoms with E-state index in [1.807, 2.05) is 24.3 Å². The molecule has 2 aromatic carbocycles. The number of anilines is 1. The summed E-state index contributed by atoms with van der Waals surface area (Å²) in [6.45, 7) is 0.506. The summed E-state index contributed by atoms with van der Waals surface area (Å²) < 4.78 is 15.7. The molecule has 0 fully saturated rings. The standard InChI is InChI=1S/C18H22ClN3O3/c1-23-14-5-7-16(24-2)12(10-14)8-9-21-18(20)22-13-4-6-17(25-3)15(19)11-13/h4-7,10-11H,8-9H2,1-3H3,(H3,20,21,22). The highest BCUT2D eigenvalue weighted by atomic mass is 35.5. The first-order valence-corrected chi connectivity index (χ1v) is 8.06. The minimum Gasteiger partial charge on any atom is -0.497 e. The van der Waals surface area contributed by atoms with Crippen molar-refractivity contribution < 1.29 is 14.2 Å². The first kappa shape index (κ1) is 18.7. The molecule has 0 radical (unpaired) electrons. The number of nitrogens with two attached hydrogens (primary N) is 1. The normalized spacial score (nSPS) is 11.1. The number of methoxy groups -OCH3 is 3. The molecule has 6 nitrogen and oxygen atoms in total. The highest BCUT2D eigenvalue weighted by molar-refractivity contribution is 6.32. The van der Waals surface area contributed by atoms with E-state index in [0.29, 0.717) is 29.7 Å². The average molecular weight is 364 g/mol. The van der Waals surface area contributed by atoms with E-state index in [1.165, 1.54) is 0 Å². The van der Waals surface area contributed by atoms with Gasteiger partial charge >= 0.3 is 0 Å². The molecule has 0 amide bonds. The Balaban J connectivity index is 1.98. The molecular weight excluding hydrogens is 342 g/mol. The van der Waals surface area contributed by atoms with E-state index >= 15 is 0 Å². The lowest BCUT2D eigenvalue weighted by molar-refractivity contribution is 0.399. The fourth-order valence-corrected chi connectivity index (χ4v) is 2.56. The van der Waals surface area contributed by atoms with Gasteiger partial charge in [0.1, 0.15) is 17.2 Å². The minimum absolute atomic E-state index is 0.308. The van der Waals surface area contributed by atoms with Gasteiger partial charge in [0.05, 0.1) is 26.4 Å². The SMILES string of the molecule is COc1ccc(OC)c(CCN=C(N)Nc2ccc(OC)c(Cl)c2)c1. The fraction of sp³-hybridized carbons (Fsp3) is 0.278. The molecule has 0 aromatic heterocycles. The number of aliphatic imine (C=N–C) groups is 1. The summed E-state index contributed by atoms with van der Waals surface area (Å²) in [7, 11) is 4.83. The summed E-state index contributed by atoms with van der Waals surface area (Å²) in [5.41, 5.74) is 7.67. The topological polar surface area (TPSA) is 78.1 Å². The zero-order chi connectivity index (χ0) is 18.2. The third-order valence-electron chi connectivity index (χ3n) is 3.58. The summed E-state index contributed by atoms with van der Waals surface area (Å²) in [5, 5.41) is 3.50. The second-order valence-electron chi connectivity index (χ2n) is 5.17. The number of hydrogen-bond acceptors (Lipinski definition) is 4. The van der Waals surface area contributed by atoms with Gasteiger partial charge in [0.2, 0.25) is 0 Å². The number of nitrogens with zero attached hydrogens (tertiary/aromatic N) is 1. The zero-order valence-electron chi connectivity index (χ0n) is 14.5. The number of guanidine groups is 1.